The molecule has 2 nitrogen and oxygen atoms in total. The zero-order valence-electron chi connectivity index (χ0n) is 11.3. The van der Waals surface area contributed by atoms with Crippen LogP contribution in [-0.2, 0) is 16.5 Å². The van der Waals surface area contributed by atoms with E-state index in [1.54, 1.807) is 24.3 Å². The van der Waals surface area contributed by atoms with E-state index < -0.39 is 16.5 Å². The molecule has 2 aromatic carbocycles. The SMILES string of the molecule is Cc1ccc(Cl)cc1[NH-].Cc1ccc(Cl)cc1[NH-].[Cl][Pt+2][Cl]. The molecule has 0 aliphatic carbocycles. The molecule has 0 spiro atoms. The number of hydrogen-bond donors (Lipinski definition) is 0. The van der Waals surface area contributed by atoms with Crippen LogP contribution in [0.1, 0.15) is 11.1 Å². The summed E-state index contributed by atoms with van der Waals surface area (Å²) in [5.41, 5.74) is 17.5. The Bertz CT molecular complexity index is 515. The number of nitrogens with one attached hydrogen (secondary N) is 2. The minimum absolute atomic E-state index is 0.472. The van der Waals surface area contributed by atoms with Crippen molar-refractivity contribution in [3.05, 3.63) is 69.0 Å². The fraction of sp³-hybridized carbons (Fsp3) is 0.143. The van der Waals surface area contributed by atoms with Gasteiger partial charge in [0.05, 0.1) is 0 Å². The van der Waals surface area contributed by atoms with E-state index in [-0.39, 0.29) is 0 Å². The van der Waals surface area contributed by atoms with E-state index in [0.717, 1.165) is 11.1 Å². The summed E-state index contributed by atoms with van der Waals surface area (Å²) in [4.78, 5) is 0. The van der Waals surface area contributed by atoms with E-state index in [4.69, 9.17) is 53.5 Å². The van der Waals surface area contributed by atoms with Crippen molar-refractivity contribution in [3.63, 3.8) is 0 Å². The van der Waals surface area contributed by atoms with Crippen LogP contribution >= 0.6 is 42.0 Å². The average molecular weight is 547 g/mol. The Morgan fingerprint density at radius 2 is 1.05 bits per heavy atom. The first-order valence-electron chi connectivity index (χ1n) is 5.59. The van der Waals surface area contributed by atoms with E-state index in [1.807, 2.05) is 26.0 Å². The van der Waals surface area contributed by atoms with Gasteiger partial charge < -0.3 is 11.5 Å². The first-order chi connectivity index (χ1) is 9.81. The molecule has 0 aliphatic rings. The number of benzene rings is 2. The van der Waals surface area contributed by atoms with E-state index in [0.29, 0.717) is 21.4 Å². The minimum atomic E-state index is -0.472. The number of hydrogen-bond acceptors (Lipinski definition) is 0. The second-order valence-electron chi connectivity index (χ2n) is 3.96. The van der Waals surface area contributed by atoms with E-state index in [1.165, 1.54) is 0 Å². The van der Waals surface area contributed by atoms with Crippen LogP contribution in [0.15, 0.2) is 36.4 Å². The van der Waals surface area contributed by atoms with E-state index >= 15 is 0 Å². The van der Waals surface area contributed by atoms with Crippen molar-refractivity contribution in [3.8, 4) is 0 Å². The summed E-state index contributed by atoms with van der Waals surface area (Å²) in [6.07, 6.45) is 0. The van der Waals surface area contributed by atoms with Crippen LogP contribution < -0.4 is 0 Å². The molecule has 0 saturated carbocycles. The predicted octanol–water partition coefficient (Wildman–Crippen LogP) is 8.04. The third-order valence-corrected chi connectivity index (χ3v) is 2.87. The number of halogens is 4. The Balaban J connectivity index is 0.000000322. The van der Waals surface area contributed by atoms with Crippen molar-refractivity contribution in [2.24, 2.45) is 0 Å². The fourth-order valence-corrected chi connectivity index (χ4v) is 1.53. The molecule has 2 N–H and O–H groups in total. The Kier molecular flexibility index (Phi) is 11.4. The van der Waals surface area contributed by atoms with Gasteiger partial charge in [0, 0.05) is 10.0 Å². The Morgan fingerprint density at radius 3 is 1.24 bits per heavy atom. The summed E-state index contributed by atoms with van der Waals surface area (Å²) in [7, 11) is 9.75. The molecule has 0 fully saturated rings. The first-order valence-corrected chi connectivity index (χ1v) is 12.0. The van der Waals surface area contributed by atoms with Crippen LogP contribution in [0.25, 0.3) is 11.5 Å². The van der Waals surface area contributed by atoms with Gasteiger partial charge in [-0.1, -0.05) is 58.6 Å². The van der Waals surface area contributed by atoms with Crippen molar-refractivity contribution in [1.82, 2.24) is 0 Å². The van der Waals surface area contributed by atoms with Crippen LogP contribution in [0.5, 0.6) is 0 Å². The van der Waals surface area contributed by atoms with Gasteiger partial charge in [0.25, 0.3) is 0 Å². The molecular weight excluding hydrogens is 533 g/mol. The molecule has 0 amide bonds. The standard InChI is InChI=1S/2C7H7ClN.2ClH.Pt/c2*1-5-2-3-6(8)4-7(5)9;;;/h2*2-4,9H,1H3;2*1H;/q2*-1;;;+4/p-2. The van der Waals surface area contributed by atoms with Crippen molar-refractivity contribution in [1.29, 1.82) is 0 Å². The van der Waals surface area contributed by atoms with Crippen molar-refractivity contribution in [2.45, 2.75) is 13.8 Å². The molecule has 21 heavy (non-hydrogen) atoms. The summed E-state index contributed by atoms with van der Waals surface area (Å²) in [6, 6.07) is 10.5. The molecule has 0 atom stereocenters. The first kappa shape index (κ1) is 20.9. The van der Waals surface area contributed by atoms with Gasteiger partial charge in [-0.3, -0.25) is 0 Å². The third-order valence-electron chi connectivity index (χ3n) is 2.40. The Hall–Kier alpha value is -0.112. The van der Waals surface area contributed by atoms with Crippen LogP contribution in [0.4, 0.5) is 11.4 Å². The van der Waals surface area contributed by atoms with Gasteiger partial charge in [-0.25, -0.2) is 0 Å². The molecule has 0 aromatic heterocycles. The zero-order chi connectivity index (χ0) is 16.4. The Morgan fingerprint density at radius 1 is 0.762 bits per heavy atom. The second kappa shape index (κ2) is 11.5. The molecule has 7 heteroatoms. The van der Waals surface area contributed by atoms with Gasteiger partial charge in [0.1, 0.15) is 0 Å². The maximum absolute atomic E-state index is 7.28. The van der Waals surface area contributed by atoms with Crippen LogP contribution in [0.3, 0.4) is 0 Å². The van der Waals surface area contributed by atoms with Crippen molar-refractivity contribution < 1.29 is 16.5 Å². The van der Waals surface area contributed by atoms with Crippen LogP contribution in [-0.4, -0.2) is 0 Å². The van der Waals surface area contributed by atoms with Crippen LogP contribution in [0, 0.1) is 13.8 Å². The van der Waals surface area contributed by atoms with Gasteiger partial charge in [0.15, 0.2) is 0 Å². The summed E-state index contributed by atoms with van der Waals surface area (Å²) in [5.74, 6) is 0. The fourth-order valence-electron chi connectivity index (χ4n) is 1.19. The summed E-state index contributed by atoms with van der Waals surface area (Å²) < 4.78 is 0. The monoisotopic (exact) mass is 545 g/mol. The van der Waals surface area contributed by atoms with Crippen LogP contribution in [0.2, 0.25) is 10.0 Å². The molecule has 118 valence electrons. The normalized spacial score (nSPS) is 9.24. The summed E-state index contributed by atoms with van der Waals surface area (Å²) in [5, 5.41) is 1.26. The topological polar surface area (TPSA) is 47.6 Å². The predicted molar refractivity (Wildman–Crippen MR) is 92.0 cm³/mol. The van der Waals surface area contributed by atoms with Gasteiger partial charge in [-0.15, -0.1) is 11.4 Å². The molecule has 2 rings (SSSR count). The Labute approximate surface area is 152 Å². The van der Waals surface area contributed by atoms with Gasteiger partial charge in [0.2, 0.25) is 0 Å². The van der Waals surface area contributed by atoms with Gasteiger partial charge in [-0.05, 0) is 26.0 Å². The zero-order valence-corrected chi connectivity index (χ0v) is 16.6. The maximum atomic E-state index is 7.28. The van der Waals surface area contributed by atoms with Crippen molar-refractivity contribution in [2.75, 3.05) is 0 Å². The average Bonchev–Trinajstić information content (AvgIpc) is 2.41. The quantitative estimate of drug-likeness (QED) is 0.321. The molecule has 0 unspecified atom stereocenters. The van der Waals surface area contributed by atoms with E-state index in [2.05, 4.69) is 0 Å². The molecule has 0 heterocycles. The second-order valence-corrected chi connectivity index (χ2v) is 8.12. The van der Waals surface area contributed by atoms with Gasteiger partial charge >= 0.3 is 35.3 Å². The molecule has 0 radical (unpaired) electrons. The van der Waals surface area contributed by atoms with Crippen molar-refractivity contribution >= 4 is 53.4 Å². The molecular formula is C14H14Cl4N2Pt. The van der Waals surface area contributed by atoms with E-state index in [9.17, 15) is 0 Å². The van der Waals surface area contributed by atoms with Gasteiger partial charge in [-0.2, -0.15) is 0 Å². The number of rotatable bonds is 0. The summed E-state index contributed by atoms with van der Waals surface area (Å²) >= 11 is 10.7. The number of aryl methyl sites for hydroxylation is 2. The summed E-state index contributed by atoms with van der Waals surface area (Å²) in [6.45, 7) is 3.78. The molecule has 0 aliphatic heterocycles. The molecule has 0 saturated heterocycles. The third kappa shape index (κ3) is 9.50. The molecule has 0 bridgehead atoms. The molecule has 2 aromatic rings.